The average Bonchev–Trinajstić information content (AvgIpc) is 2.85. The van der Waals surface area contributed by atoms with Crippen LogP contribution in [0.1, 0.15) is 49.8 Å². The lowest BCUT2D eigenvalue weighted by Crippen LogP contribution is -2.05. The molecule has 0 atom stereocenters. The molecule has 0 N–H and O–H groups in total. The Kier molecular flexibility index (Phi) is 2.56. The minimum Gasteiger partial charge on any atom is -0.226 e. The number of hydrogen-bond acceptors (Lipinski definition) is 2. The third-order valence-electron chi connectivity index (χ3n) is 2.43. The van der Waals surface area contributed by atoms with Gasteiger partial charge in [-0.2, -0.15) is 9.37 Å². The van der Waals surface area contributed by atoms with Gasteiger partial charge in [-0.1, -0.05) is 13.8 Å². The summed E-state index contributed by atoms with van der Waals surface area (Å²) >= 11 is 3.12. The van der Waals surface area contributed by atoms with Gasteiger partial charge in [0.25, 0.3) is 0 Å². The molecule has 1 aliphatic rings. The van der Waals surface area contributed by atoms with Gasteiger partial charge in [0.05, 0.1) is 5.69 Å². The lowest BCUT2D eigenvalue weighted by Gasteiger charge is -2.11. The summed E-state index contributed by atoms with van der Waals surface area (Å²) < 4.78 is 13.9. The van der Waals surface area contributed by atoms with Crippen molar-refractivity contribution in [1.82, 2.24) is 9.97 Å². The summed E-state index contributed by atoms with van der Waals surface area (Å²) in [4.78, 5) is 7.98. The molecule has 1 aromatic rings. The molecule has 0 radical (unpaired) electrons. The van der Waals surface area contributed by atoms with Crippen LogP contribution in [0.4, 0.5) is 4.39 Å². The van der Waals surface area contributed by atoms with Gasteiger partial charge in [-0.3, -0.25) is 0 Å². The van der Waals surface area contributed by atoms with Crippen molar-refractivity contribution in [2.24, 2.45) is 0 Å². The van der Waals surface area contributed by atoms with Gasteiger partial charge in [-0.25, -0.2) is 4.98 Å². The van der Waals surface area contributed by atoms with Crippen LogP contribution in [0.15, 0.2) is 4.73 Å². The third-order valence-corrected chi connectivity index (χ3v) is 2.79. The van der Waals surface area contributed by atoms with Crippen LogP contribution in [-0.2, 0) is 0 Å². The van der Waals surface area contributed by atoms with Crippen molar-refractivity contribution in [2.45, 2.75) is 38.5 Å². The molecule has 0 unspecified atom stereocenters. The molecule has 0 bridgehead atoms. The van der Waals surface area contributed by atoms with E-state index in [0.717, 1.165) is 24.1 Å². The quantitative estimate of drug-likeness (QED) is 0.601. The van der Waals surface area contributed by atoms with Crippen LogP contribution in [0.3, 0.4) is 0 Å². The first-order valence-electron chi connectivity index (χ1n) is 4.82. The van der Waals surface area contributed by atoms with E-state index in [1.165, 1.54) is 0 Å². The highest BCUT2D eigenvalue weighted by molar-refractivity contribution is 9.10. The maximum Gasteiger partial charge on any atom is 0.220 e. The standard InChI is InChI=1S/C10H12BrFN2/c1-5(2)8-7(6-3-4-6)9(12)14-10(11)13-8/h5-6H,3-4H2,1-2H3. The van der Waals surface area contributed by atoms with Crippen molar-refractivity contribution < 1.29 is 4.39 Å². The van der Waals surface area contributed by atoms with Crippen molar-refractivity contribution >= 4 is 15.9 Å². The molecule has 1 heterocycles. The fraction of sp³-hybridized carbons (Fsp3) is 0.600. The Morgan fingerprint density at radius 3 is 2.50 bits per heavy atom. The molecule has 0 spiro atoms. The summed E-state index contributed by atoms with van der Waals surface area (Å²) in [5.74, 6) is 0.262. The lowest BCUT2D eigenvalue weighted by molar-refractivity contribution is 0.547. The van der Waals surface area contributed by atoms with E-state index in [0.29, 0.717) is 10.7 Å². The lowest BCUT2D eigenvalue weighted by atomic mass is 10.0. The first kappa shape index (κ1) is 10.0. The van der Waals surface area contributed by atoms with Crippen molar-refractivity contribution in [3.05, 3.63) is 21.9 Å². The number of halogens is 2. The Balaban J connectivity index is 2.53. The van der Waals surface area contributed by atoms with Gasteiger partial charge in [-0.15, -0.1) is 0 Å². The average molecular weight is 259 g/mol. The predicted octanol–water partition coefficient (Wildman–Crippen LogP) is 3.38. The van der Waals surface area contributed by atoms with Crippen molar-refractivity contribution in [3.63, 3.8) is 0 Å². The van der Waals surface area contributed by atoms with Crippen LogP contribution < -0.4 is 0 Å². The summed E-state index contributed by atoms with van der Waals surface area (Å²) in [6.45, 7) is 4.06. The molecule has 76 valence electrons. The Hall–Kier alpha value is -0.510. The monoisotopic (exact) mass is 258 g/mol. The van der Waals surface area contributed by atoms with Crippen LogP contribution in [0.25, 0.3) is 0 Å². The van der Waals surface area contributed by atoms with E-state index in [2.05, 4.69) is 25.9 Å². The molecule has 2 rings (SSSR count). The highest BCUT2D eigenvalue weighted by atomic mass is 79.9. The summed E-state index contributed by atoms with van der Waals surface area (Å²) in [7, 11) is 0. The van der Waals surface area contributed by atoms with Crippen LogP contribution >= 0.6 is 15.9 Å². The minimum absolute atomic E-state index is 0.249. The molecule has 0 aromatic carbocycles. The van der Waals surface area contributed by atoms with Crippen molar-refractivity contribution in [3.8, 4) is 0 Å². The number of nitrogens with zero attached hydrogens (tertiary/aromatic N) is 2. The van der Waals surface area contributed by atoms with Crippen LogP contribution in [-0.4, -0.2) is 9.97 Å². The fourth-order valence-corrected chi connectivity index (χ4v) is 1.97. The van der Waals surface area contributed by atoms with Gasteiger partial charge >= 0.3 is 0 Å². The Morgan fingerprint density at radius 1 is 1.36 bits per heavy atom. The minimum atomic E-state index is -0.349. The number of aromatic nitrogens is 2. The van der Waals surface area contributed by atoms with Crippen molar-refractivity contribution in [1.29, 1.82) is 0 Å². The molecule has 4 heteroatoms. The first-order valence-corrected chi connectivity index (χ1v) is 5.61. The van der Waals surface area contributed by atoms with Crippen molar-refractivity contribution in [2.75, 3.05) is 0 Å². The fourth-order valence-electron chi connectivity index (χ4n) is 1.62. The molecule has 2 nitrogen and oxygen atoms in total. The maximum absolute atomic E-state index is 13.6. The van der Waals surface area contributed by atoms with Gasteiger partial charge in [0.15, 0.2) is 4.73 Å². The number of hydrogen-bond donors (Lipinski definition) is 0. The van der Waals surface area contributed by atoms with E-state index in [-0.39, 0.29) is 11.9 Å². The summed E-state index contributed by atoms with van der Waals surface area (Å²) in [6.07, 6.45) is 2.14. The molecular formula is C10H12BrFN2. The van der Waals surface area contributed by atoms with Crippen LogP contribution in [0, 0.1) is 5.95 Å². The molecule has 0 amide bonds. The molecular weight excluding hydrogens is 247 g/mol. The van der Waals surface area contributed by atoms with Crippen LogP contribution in [0.5, 0.6) is 0 Å². The smallest absolute Gasteiger partial charge is 0.220 e. The molecule has 1 aromatic heterocycles. The topological polar surface area (TPSA) is 25.8 Å². The highest BCUT2D eigenvalue weighted by Crippen LogP contribution is 2.43. The number of rotatable bonds is 2. The third kappa shape index (κ3) is 1.80. The van der Waals surface area contributed by atoms with Gasteiger partial charge in [-0.05, 0) is 40.6 Å². The zero-order valence-electron chi connectivity index (χ0n) is 8.22. The van der Waals surface area contributed by atoms with E-state index in [4.69, 9.17) is 0 Å². The molecule has 1 fully saturated rings. The first-order chi connectivity index (χ1) is 6.59. The van der Waals surface area contributed by atoms with E-state index < -0.39 is 0 Å². The van der Waals surface area contributed by atoms with Crippen LogP contribution in [0.2, 0.25) is 0 Å². The van der Waals surface area contributed by atoms with E-state index in [1.807, 2.05) is 13.8 Å². The Bertz CT molecular complexity index is 361. The van der Waals surface area contributed by atoms with Gasteiger partial charge < -0.3 is 0 Å². The zero-order valence-corrected chi connectivity index (χ0v) is 9.81. The largest absolute Gasteiger partial charge is 0.226 e. The summed E-state index contributed by atoms with van der Waals surface area (Å²) in [5, 5.41) is 0. The maximum atomic E-state index is 13.6. The zero-order chi connectivity index (χ0) is 10.3. The molecule has 14 heavy (non-hydrogen) atoms. The highest BCUT2D eigenvalue weighted by Gasteiger charge is 2.31. The molecule has 0 saturated heterocycles. The van der Waals surface area contributed by atoms with Gasteiger partial charge in [0, 0.05) is 5.56 Å². The second-order valence-electron chi connectivity index (χ2n) is 4.01. The van der Waals surface area contributed by atoms with E-state index in [9.17, 15) is 4.39 Å². The Morgan fingerprint density at radius 2 is 2.00 bits per heavy atom. The normalized spacial score (nSPS) is 16.4. The SMILES string of the molecule is CC(C)c1nc(Br)nc(F)c1C1CC1. The van der Waals surface area contributed by atoms with E-state index in [1.54, 1.807) is 0 Å². The second kappa shape index (κ2) is 3.57. The van der Waals surface area contributed by atoms with Gasteiger partial charge in [0.2, 0.25) is 5.95 Å². The summed E-state index contributed by atoms with van der Waals surface area (Å²) in [5.41, 5.74) is 1.59. The second-order valence-corrected chi connectivity index (χ2v) is 4.72. The molecule has 1 saturated carbocycles. The summed E-state index contributed by atoms with van der Waals surface area (Å²) in [6, 6.07) is 0. The van der Waals surface area contributed by atoms with E-state index >= 15 is 0 Å². The van der Waals surface area contributed by atoms with Gasteiger partial charge in [0.1, 0.15) is 0 Å². The molecule has 1 aliphatic carbocycles. The Labute approximate surface area is 91.1 Å². The molecule has 0 aliphatic heterocycles. The predicted molar refractivity (Wildman–Crippen MR) is 55.8 cm³/mol.